The molecule has 0 radical (unpaired) electrons. The third-order valence-corrected chi connectivity index (χ3v) is 8.06. The van der Waals surface area contributed by atoms with Crippen LogP contribution in [0.3, 0.4) is 0 Å². The van der Waals surface area contributed by atoms with E-state index in [0.717, 1.165) is 62.0 Å². The molecular weight excluding hydrogens is 436 g/mol. The Bertz CT molecular complexity index is 1020. The average Bonchev–Trinajstić information content (AvgIpc) is 2.85. The number of aryl methyl sites for hydroxylation is 1. The van der Waals surface area contributed by atoms with Gasteiger partial charge in [0.15, 0.2) is 0 Å². The zero-order chi connectivity index (χ0) is 24.2. The third-order valence-electron chi connectivity index (χ3n) is 8.06. The molecule has 2 saturated heterocycles. The van der Waals surface area contributed by atoms with Crippen molar-refractivity contribution in [2.75, 3.05) is 58.9 Å². The first-order valence-corrected chi connectivity index (χ1v) is 13.2. The second-order valence-electron chi connectivity index (χ2n) is 10.4. The lowest BCUT2D eigenvalue weighted by atomic mass is 9.91. The number of carbonyl (C=O) groups excluding carboxylic acids is 2. The van der Waals surface area contributed by atoms with Crippen molar-refractivity contribution in [1.29, 1.82) is 0 Å². The first kappa shape index (κ1) is 24.0. The number of benzene rings is 2. The molecule has 2 heterocycles. The van der Waals surface area contributed by atoms with Crippen LogP contribution in [0.5, 0.6) is 0 Å². The van der Waals surface area contributed by atoms with Gasteiger partial charge in [-0.05, 0) is 36.5 Å². The molecule has 35 heavy (non-hydrogen) atoms. The zero-order valence-electron chi connectivity index (χ0n) is 21.0. The van der Waals surface area contributed by atoms with Gasteiger partial charge in [0.2, 0.25) is 11.8 Å². The summed E-state index contributed by atoms with van der Waals surface area (Å²) in [5, 5.41) is 0. The van der Waals surface area contributed by atoms with Gasteiger partial charge in [-0.3, -0.25) is 19.4 Å². The quantitative estimate of drug-likeness (QED) is 0.646. The normalized spacial score (nSPS) is 20.0. The number of amides is 2. The molecule has 2 amide bonds. The summed E-state index contributed by atoms with van der Waals surface area (Å²) < 4.78 is 0. The van der Waals surface area contributed by atoms with Gasteiger partial charge in [-0.2, -0.15) is 0 Å². The summed E-state index contributed by atoms with van der Waals surface area (Å²) in [6, 6.07) is 17.5. The van der Waals surface area contributed by atoms with Crippen LogP contribution in [0.1, 0.15) is 30.4 Å². The standard InChI is InChI=1S/C29H38N4O2/c1-23-9-11-24(12-10-23)27-8-3-2-5-25(27)21-28(34)32-15-13-30(14-16-32)22-29(35)33-19-17-31(18-20-33)26-6-4-7-26/h2-3,5,8-12,26H,4,6-7,13-22H2,1H3. The Labute approximate surface area is 209 Å². The van der Waals surface area contributed by atoms with Crippen molar-refractivity contribution < 1.29 is 9.59 Å². The number of piperazine rings is 2. The van der Waals surface area contributed by atoms with Crippen LogP contribution >= 0.6 is 0 Å². The minimum absolute atomic E-state index is 0.169. The predicted octanol–water partition coefficient (Wildman–Crippen LogP) is 3.05. The van der Waals surface area contributed by atoms with E-state index in [1.165, 1.54) is 24.8 Å². The minimum Gasteiger partial charge on any atom is -0.340 e. The first-order chi connectivity index (χ1) is 17.1. The fourth-order valence-electron chi connectivity index (χ4n) is 5.50. The van der Waals surface area contributed by atoms with Crippen molar-refractivity contribution in [3.8, 4) is 11.1 Å². The summed E-state index contributed by atoms with van der Waals surface area (Å²) in [6.45, 7) is 9.21. The van der Waals surface area contributed by atoms with E-state index in [2.05, 4.69) is 53.1 Å². The molecule has 6 nitrogen and oxygen atoms in total. The van der Waals surface area contributed by atoms with Gasteiger partial charge in [0.1, 0.15) is 0 Å². The molecule has 0 atom stereocenters. The van der Waals surface area contributed by atoms with Crippen molar-refractivity contribution in [2.24, 2.45) is 0 Å². The Morgan fingerprint density at radius 3 is 2.06 bits per heavy atom. The monoisotopic (exact) mass is 474 g/mol. The van der Waals surface area contributed by atoms with E-state index in [4.69, 9.17) is 0 Å². The maximum Gasteiger partial charge on any atom is 0.236 e. The summed E-state index contributed by atoms with van der Waals surface area (Å²) in [5.74, 6) is 0.410. The van der Waals surface area contributed by atoms with Gasteiger partial charge in [0.25, 0.3) is 0 Å². The molecule has 2 aromatic carbocycles. The summed E-state index contributed by atoms with van der Waals surface area (Å²) in [7, 11) is 0. The van der Waals surface area contributed by atoms with E-state index < -0.39 is 0 Å². The van der Waals surface area contributed by atoms with Crippen LogP contribution < -0.4 is 0 Å². The molecule has 3 aliphatic rings. The Morgan fingerprint density at radius 1 is 0.771 bits per heavy atom. The summed E-state index contributed by atoms with van der Waals surface area (Å²) in [4.78, 5) is 34.8. The van der Waals surface area contributed by atoms with Gasteiger partial charge in [-0.1, -0.05) is 60.5 Å². The number of hydrogen-bond donors (Lipinski definition) is 0. The molecule has 5 rings (SSSR count). The summed E-state index contributed by atoms with van der Waals surface area (Å²) in [6.07, 6.45) is 4.43. The number of carbonyl (C=O) groups is 2. The molecule has 0 bridgehead atoms. The van der Waals surface area contributed by atoms with E-state index in [1.54, 1.807) is 0 Å². The molecule has 3 fully saturated rings. The highest BCUT2D eigenvalue weighted by Crippen LogP contribution is 2.26. The fourth-order valence-corrected chi connectivity index (χ4v) is 5.50. The van der Waals surface area contributed by atoms with Crippen LogP contribution in [0.2, 0.25) is 0 Å². The maximum atomic E-state index is 13.1. The van der Waals surface area contributed by atoms with Gasteiger partial charge in [-0.25, -0.2) is 0 Å². The van der Waals surface area contributed by atoms with E-state index >= 15 is 0 Å². The zero-order valence-corrected chi connectivity index (χ0v) is 21.0. The van der Waals surface area contributed by atoms with Crippen LogP contribution in [0.15, 0.2) is 48.5 Å². The minimum atomic E-state index is 0.169. The highest BCUT2D eigenvalue weighted by atomic mass is 16.2. The Morgan fingerprint density at radius 2 is 1.40 bits per heavy atom. The van der Waals surface area contributed by atoms with E-state index in [1.807, 2.05) is 21.9 Å². The molecule has 1 saturated carbocycles. The molecular formula is C29H38N4O2. The van der Waals surface area contributed by atoms with Crippen molar-refractivity contribution >= 4 is 11.8 Å². The van der Waals surface area contributed by atoms with E-state index in [9.17, 15) is 9.59 Å². The lowest BCUT2D eigenvalue weighted by Crippen LogP contribution is -2.56. The number of nitrogens with zero attached hydrogens (tertiary/aromatic N) is 4. The lowest BCUT2D eigenvalue weighted by molar-refractivity contribution is -0.136. The second-order valence-corrected chi connectivity index (χ2v) is 10.4. The molecule has 2 aliphatic heterocycles. The lowest BCUT2D eigenvalue weighted by Gasteiger charge is -2.43. The largest absolute Gasteiger partial charge is 0.340 e. The Hall–Kier alpha value is -2.70. The molecule has 0 spiro atoms. The SMILES string of the molecule is Cc1ccc(-c2ccccc2CC(=O)N2CCN(CC(=O)N3CCN(C4CCC4)CC3)CC2)cc1. The summed E-state index contributed by atoms with van der Waals surface area (Å²) in [5.41, 5.74) is 4.58. The van der Waals surface area contributed by atoms with Gasteiger partial charge in [0.05, 0.1) is 13.0 Å². The average molecular weight is 475 g/mol. The highest BCUT2D eigenvalue weighted by molar-refractivity contribution is 5.82. The fraction of sp³-hybridized carbons (Fsp3) is 0.517. The van der Waals surface area contributed by atoms with Crippen LogP contribution in [-0.2, 0) is 16.0 Å². The van der Waals surface area contributed by atoms with Crippen molar-refractivity contribution in [1.82, 2.24) is 19.6 Å². The summed E-state index contributed by atoms with van der Waals surface area (Å²) >= 11 is 0. The molecule has 6 heteroatoms. The number of hydrogen-bond acceptors (Lipinski definition) is 4. The topological polar surface area (TPSA) is 47.1 Å². The van der Waals surface area contributed by atoms with E-state index in [0.29, 0.717) is 26.1 Å². The van der Waals surface area contributed by atoms with Crippen LogP contribution in [0, 0.1) is 6.92 Å². The Kier molecular flexibility index (Phi) is 7.49. The van der Waals surface area contributed by atoms with Gasteiger partial charge in [-0.15, -0.1) is 0 Å². The van der Waals surface area contributed by atoms with Gasteiger partial charge in [0, 0.05) is 58.4 Å². The van der Waals surface area contributed by atoms with Crippen molar-refractivity contribution in [2.45, 2.75) is 38.6 Å². The smallest absolute Gasteiger partial charge is 0.236 e. The van der Waals surface area contributed by atoms with E-state index in [-0.39, 0.29) is 11.8 Å². The first-order valence-electron chi connectivity index (χ1n) is 13.2. The molecule has 186 valence electrons. The molecule has 0 aromatic heterocycles. The van der Waals surface area contributed by atoms with Gasteiger partial charge < -0.3 is 9.80 Å². The van der Waals surface area contributed by atoms with Crippen LogP contribution in [0.25, 0.3) is 11.1 Å². The third kappa shape index (κ3) is 5.76. The van der Waals surface area contributed by atoms with Crippen molar-refractivity contribution in [3.05, 3.63) is 59.7 Å². The molecule has 0 N–H and O–H groups in total. The second kappa shape index (κ2) is 10.9. The maximum absolute atomic E-state index is 13.1. The van der Waals surface area contributed by atoms with Crippen LogP contribution in [-0.4, -0.2) is 96.4 Å². The Balaban J connectivity index is 1.09. The highest BCUT2D eigenvalue weighted by Gasteiger charge is 2.30. The molecule has 1 aliphatic carbocycles. The molecule has 2 aromatic rings. The molecule has 0 unspecified atom stereocenters. The van der Waals surface area contributed by atoms with Crippen molar-refractivity contribution in [3.63, 3.8) is 0 Å². The predicted molar refractivity (Wildman–Crippen MR) is 139 cm³/mol. The number of rotatable bonds is 6. The van der Waals surface area contributed by atoms with Gasteiger partial charge >= 0.3 is 0 Å². The van der Waals surface area contributed by atoms with Crippen LogP contribution in [0.4, 0.5) is 0 Å².